The first-order valence-electron chi connectivity index (χ1n) is 9.92. The molecule has 0 radical (unpaired) electrons. The predicted octanol–water partition coefficient (Wildman–Crippen LogP) is 4.66. The summed E-state index contributed by atoms with van der Waals surface area (Å²) in [5, 5.41) is 3.00. The van der Waals surface area contributed by atoms with Crippen LogP contribution in [0.3, 0.4) is 0 Å². The zero-order valence-electron chi connectivity index (χ0n) is 16.4. The van der Waals surface area contributed by atoms with Gasteiger partial charge in [-0.25, -0.2) is 0 Å². The lowest BCUT2D eigenvalue weighted by molar-refractivity contribution is -0.121. The van der Waals surface area contributed by atoms with Crippen molar-refractivity contribution in [2.45, 2.75) is 53.0 Å². The largest absolute Gasteiger partial charge is 0.352 e. The summed E-state index contributed by atoms with van der Waals surface area (Å²) < 4.78 is 0. The van der Waals surface area contributed by atoms with Crippen molar-refractivity contribution >= 4 is 11.7 Å². The van der Waals surface area contributed by atoms with Crippen LogP contribution in [0.4, 0.5) is 0 Å². The van der Waals surface area contributed by atoms with E-state index < -0.39 is 0 Å². The molecule has 0 heterocycles. The fourth-order valence-electron chi connectivity index (χ4n) is 4.80. The zero-order valence-corrected chi connectivity index (χ0v) is 16.4. The highest BCUT2D eigenvalue weighted by Gasteiger charge is 2.56. The molecular weight excluding hydrogens is 334 g/mol. The molecule has 0 bridgehead atoms. The summed E-state index contributed by atoms with van der Waals surface area (Å²) in [6, 6.07) is 9.95. The molecule has 27 heavy (non-hydrogen) atoms. The van der Waals surface area contributed by atoms with Gasteiger partial charge < -0.3 is 5.32 Å². The van der Waals surface area contributed by atoms with Gasteiger partial charge in [-0.2, -0.15) is 0 Å². The summed E-state index contributed by atoms with van der Waals surface area (Å²) in [5.41, 5.74) is 6.95. The Morgan fingerprint density at radius 3 is 2.56 bits per heavy atom. The van der Waals surface area contributed by atoms with Gasteiger partial charge in [0, 0.05) is 29.9 Å². The quantitative estimate of drug-likeness (QED) is 0.829. The maximum absolute atomic E-state index is 12.9. The number of hydrogen-bond donors (Lipinski definition) is 1. The van der Waals surface area contributed by atoms with Crippen LogP contribution in [0.1, 0.15) is 52.0 Å². The minimum absolute atomic E-state index is 0.0579. The second-order valence-electron chi connectivity index (χ2n) is 8.22. The number of carbonyl (C=O) groups excluding carboxylic acids is 2. The van der Waals surface area contributed by atoms with Crippen molar-refractivity contribution in [2.24, 2.45) is 11.3 Å². The number of rotatable bonds is 5. The molecule has 1 N–H and O–H groups in total. The number of Topliss-reactive ketones (excluding diaryl/α,β-unsaturated/α-hetero) is 1. The molecule has 3 aliphatic carbocycles. The zero-order chi connectivity index (χ0) is 19.2. The minimum atomic E-state index is 0.0579. The van der Waals surface area contributed by atoms with Crippen molar-refractivity contribution in [2.75, 3.05) is 0 Å². The molecule has 3 heteroatoms. The van der Waals surface area contributed by atoms with Gasteiger partial charge in [0.1, 0.15) is 0 Å². The summed E-state index contributed by atoms with van der Waals surface area (Å²) in [4.78, 5) is 25.2. The van der Waals surface area contributed by atoms with E-state index in [0.717, 1.165) is 35.1 Å². The standard InChI is InChI=1S/C24H27NO2/c1-15-13-20-22(16(2)24(11-12-24)17(3)23(20)27)19(15)9-10-21(26)25-14-18-7-5-4-6-8-18/h4-8,13,17H,9-12,14H2,1-3H3,(H,25,26)/t17-/m1/s1. The molecule has 1 amide bonds. The summed E-state index contributed by atoms with van der Waals surface area (Å²) in [5.74, 6) is 0.437. The fourth-order valence-corrected chi connectivity index (χ4v) is 4.80. The average Bonchev–Trinajstić information content (AvgIpc) is 3.41. The van der Waals surface area contributed by atoms with Gasteiger partial charge in [0.2, 0.25) is 5.91 Å². The van der Waals surface area contributed by atoms with Crippen LogP contribution in [-0.4, -0.2) is 11.7 Å². The molecule has 1 aromatic rings. The van der Waals surface area contributed by atoms with Crippen LogP contribution in [0.25, 0.3) is 0 Å². The molecule has 3 aliphatic rings. The van der Waals surface area contributed by atoms with E-state index in [-0.39, 0.29) is 23.0 Å². The van der Waals surface area contributed by atoms with Gasteiger partial charge in [0.15, 0.2) is 5.78 Å². The molecule has 0 aromatic heterocycles. The SMILES string of the molecule is CC1=C(CCC(=O)NCc2ccccc2)C2=C(C)C3(CC3)[C@H](C)C(=O)C2=C1. The Labute approximate surface area is 161 Å². The molecule has 0 saturated heterocycles. The summed E-state index contributed by atoms with van der Waals surface area (Å²) in [7, 11) is 0. The van der Waals surface area contributed by atoms with Gasteiger partial charge in [0.25, 0.3) is 0 Å². The van der Waals surface area contributed by atoms with Crippen LogP contribution >= 0.6 is 0 Å². The number of benzene rings is 1. The topological polar surface area (TPSA) is 46.2 Å². The Bertz CT molecular complexity index is 898. The van der Waals surface area contributed by atoms with E-state index in [1.807, 2.05) is 36.4 Å². The number of carbonyl (C=O) groups is 2. The highest BCUT2D eigenvalue weighted by molar-refractivity contribution is 6.07. The normalized spacial score (nSPS) is 22.9. The third kappa shape index (κ3) is 2.99. The van der Waals surface area contributed by atoms with E-state index in [1.54, 1.807) is 0 Å². The maximum Gasteiger partial charge on any atom is 0.220 e. The van der Waals surface area contributed by atoms with Crippen LogP contribution in [0.15, 0.2) is 64.3 Å². The van der Waals surface area contributed by atoms with E-state index in [0.29, 0.717) is 19.4 Å². The van der Waals surface area contributed by atoms with E-state index in [4.69, 9.17) is 0 Å². The Hall–Kier alpha value is -2.42. The Morgan fingerprint density at radius 2 is 1.89 bits per heavy atom. The van der Waals surface area contributed by atoms with Crippen molar-refractivity contribution in [3.63, 3.8) is 0 Å². The van der Waals surface area contributed by atoms with Crippen LogP contribution in [0.2, 0.25) is 0 Å². The average molecular weight is 361 g/mol. The predicted molar refractivity (Wildman–Crippen MR) is 107 cm³/mol. The van der Waals surface area contributed by atoms with Gasteiger partial charge in [-0.05, 0) is 61.5 Å². The van der Waals surface area contributed by atoms with Gasteiger partial charge in [-0.15, -0.1) is 0 Å². The molecule has 1 fully saturated rings. The van der Waals surface area contributed by atoms with E-state index >= 15 is 0 Å². The molecule has 1 spiro atoms. The molecule has 4 rings (SSSR count). The molecule has 0 aliphatic heterocycles. The number of fused-ring (bicyclic) bond motifs is 1. The first-order chi connectivity index (χ1) is 12.9. The van der Waals surface area contributed by atoms with E-state index in [9.17, 15) is 9.59 Å². The lowest BCUT2D eigenvalue weighted by Crippen LogP contribution is -2.31. The number of ketones is 1. The first kappa shape index (κ1) is 18.0. The number of amides is 1. The monoisotopic (exact) mass is 361 g/mol. The molecular formula is C24H27NO2. The van der Waals surface area contributed by atoms with Crippen molar-refractivity contribution in [3.05, 3.63) is 69.8 Å². The highest BCUT2D eigenvalue weighted by Crippen LogP contribution is 2.63. The number of allylic oxidation sites excluding steroid dienone is 6. The second-order valence-corrected chi connectivity index (χ2v) is 8.22. The van der Waals surface area contributed by atoms with E-state index in [2.05, 4.69) is 26.1 Å². The Balaban J connectivity index is 1.45. The summed E-state index contributed by atoms with van der Waals surface area (Å²) in [6.45, 7) is 6.91. The van der Waals surface area contributed by atoms with E-state index in [1.165, 1.54) is 11.1 Å². The third-order valence-electron chi connectivity index (χ3n) is 6.74. The number of hydrogen-bond acceptors (Lipinski definition) is 2. The van der Waals surface area contributed by atoms with Crippen molar-refractivity contribution in [3.8, 4) is 0 Å². The smallest absolute Gasteiger partial charge is 0.220 e. The number of nitrogens with one attached hydrogen (secondary N) is 1. The van der Waals surface area contributed by atoms with Gasteiger partial charge in [-0.3, -0.25) is 9.59 Å². The maximum atomic E-state index is 12.9. The lowest BCUT2D eigenvalue weighted by atomic mass is 9.70. The van der Waals surface area contributed by atoms with Gasteiger partial charge in [-0.1, -0.05) is 42.8 Å². The summed E-state index contributed by atoms with van der Waals surface area (Å²) in [6.07, 6.45) is 5.42. The minimum Gasteiger partial charge on any atom is -0.352 e. The lowest BCUT2D eigenvalue weighted by Gasteiger charge is -2.32. The van der Waals surface area contributed by atoms with Crippen LogP contribution < -0.4 is 5.32 Å². The van der Waals surface area contributed by atoms with Gasteiger partial charge in [0.05, 0.1) is 0 Å². The molecule has 3 nitrogen and oxygen atoms in total. The van der Waals surface area contributed by atoms with Crippen LogP contribution in [0, 0.1) is 11.3 Å². The van der Waals surface area contributed by atoms with Crippen molar-refractivity contribution in [1.82, 2.24) is 5.32 Å². The Morgan fingerprint density at radius 1 is 1.19 bits per heavy atom. The first-order valence-corrected chi connectivity index (χ1v) is 9.92. The molecule has 140 valence electrons. The van der Waals surface area contributed by atoms with Crippen molar-refractivity contribution in [1.29, 1.82) is 0 Å². The highest BCUT2D eigenvalue weighted by atomic mass is 16.1. The van der Waals surface area contributed by atoms with Crippen molar-refractivity contribution < 1.29 is 9.59 Å². The molecule has 1 saturated carbocycles. The Kier molecular flexibility index (Phi) is 4.41. The van der Waals surface area contributed by atoms with Crippen LogP contribution in [0.5, 0.6) is 0 Å². The summed E-state index contributed by atoms with van der Waals surface area (Å²) >= 11 is 0. The molecule has 1 atom stereocenters. The van der Waals surface area contributed by atoms with Gasteiger partial charge >= 0.3 is 0 Å². The molecule has 0 unspecified atom stereocenters. The second kappa shape index (κ2) is 6.63. The fraction of sp³-hybridized carbons (Fsp3) is 0.417. The van der Waals surface area contributed by atoms with Crippen LogP contribution in [-0.2, 0) is 16.1 Å². The third-order valence-corrected chi connectivity index (χ3v) is 6.74. The molecule has 1 aromatic carbocycles.